The molecule has 32 heavy (non-hydrogen) atoms. The second-order valence-electron chi connectivity index (χ2n) is 8.44. The van der Waals surface area contributed by atoms with Crippen LogP contribution in [-0.4, -0.2) is 30.6 Å². The van der Waals surface area contributed by atoms with Gasteiger partial charge < -0.3 is 4.98 Å². The minimum Gasteiger partial charge on any atom is -0.358 e. The van der Waals surface area contributed by atoms with Crippen LogP contribution in [0.4, 0.5) is 5.13 Å². The van der Waals surface area contributed by atoms with Crippen LogP contribution in [0.1, 0.15) is 46.2 Å². The van der Waals surface area contributed by atoms with E-state index in [2.05, 4.69) is 27.5 Å². The Morgan fingerprint density at radius 1 is 1.22 bits per heavy atom. The number of benzene rings is 1. The number of thiazole rings is 1. The van der Waals surface area contributed by atoms with Gasteiger partial charge in [-0.15, -0.1) is 11.3 Å². The Morgan fingerprint density at radius 3 is 2.84 bits per heavy atom. The summed E-state index contributed by atoms with van der Waals surface area (Å²) in [5, 5.41) is 12.0. The number of amides is 1. The molecule has 1 aliphatic carbocycles. The van der Waals surface area contributed by atoms with Gasteiger partial charge in [-0.05, 0) is 38.8 Å². The van der Waals surface area contributed by atoms with E-state index in [1.165, 1.54) is 11.3 Å². The molecule has 0 saturated heterocycles. The average molecular weight is 443 g/mol. The third-order valence-corrected chi connectivity index (χ3v) is 6.86. The highest BCUT2D eigenvalue weighted by Crippen LogP contribution is 2.40. The molecule has 4 aromatic heterocycles. The van der Waals surface area contributed by atoms with E-state index < -0.39 is 0 Å². The number of carbonyl (C=O) groups is 1. The fourth-order valence-electron chi connectivity index (χ4n) is 4.45. The zero-order chi connectivity index (χ0) is 22.0. The Labute approximate surface area is 188 Å². The molecule has 0 radical (unpaired) electrons. The van der Waals surface area contributed by atoms with Crippen molar-refractivity contribution in [2.45, 2.75) is 32.6 Å². The maximum Gasteiger partial charge on any atom is 0.258 e. The first-order valence-corrected chi connectivity index (χ1v) is 11.6. The predicted octanol–water partition coefficient (Wildman–Crippen LogP) is 5.32. The second kappa shape index (κ2) is 7.00. The van der Waals surface area contributed by atoms with Crippen LogP contribution < -0.4 is 5.32 Å². The fourth-order valence-corrected chi connectivity index (χ4v) is 5.15. The Kier molecular flexibility index (Phi) is 4.19. The molecule has 0 spiro atoms. The molecule has 8 heteroatoms. The molecule has 0 unspecified atom stereocenters. The summed E-state index contributed by atoms with van der Waals surface area (Å²) in [7, 11) is 1.87. The molecule has 2 N–H and O–H groups in total. The number of aryl methyl sites for hydroxylation is 3. The number of para-hydroxylation sites is 1. The van der Waals surface area contributed by atoms with Gasteiger partial charge in [-0.25, -0.2) is 9.97 Å². The monoisotopic (exact) mass is 442 g/mol. The number of H-pyrrole nitrogens is 1. The number of hydrogen-bond donors (Lipinski definition) is 2. The number of nitrogens with zero attached hydrogens (tertiary/aromatic N) is 4. The summed E-state index contributed by atoms with van der Waals surface area (Å²) >= 11 is 1.43. The van der Waals surface area contributed by atoms with Crippen molar-refractivity contribution in [3.8, 4) is 11.3 Å². The first-order valence-electron chi connectivity index (χ1n) is 10.7. The number of pyridine rings is 1. The zero-order valence-electron chi connectivity index (χ0n) is 18.1. The van der Waals surface area contributed by atoms with Gasteiger partial charge in [0.05, 0.1) is 22.3 Å². The number of hydrogen-bond acceptors (Lipinski definition) is 5. The maximum absolute atomic E-state index is 13.3. The van der Waals surface area contributed by atoms with Crippen molar-refractivity contribution in [1.82, 2.24) is 24.7 Å². The molecule has 0 aliphatic heterocycles. The summed E-state index contributed by atoms with van der Waals surface area (Å²) in [5.74, 6) is 0.268. The summed E-state index contributed by atoms with van der Waals surface area (Å²) in [4.78, 5) is 26.3. The molecule has 6 rings (SSSR count). The van der Waals surface area contributed by atoms with Gasteiger partial charge in [0.25, 0.3) is 5.91 Å². The topological polar surface area (TPSA) is 88.5 Å². The molecule has 4 heterocycles. The van der Waals surface area contributed by atoms with E-state index in [0.29, 0.717) is 16.6 Å². The van der Waals surface area contributed by atoms with Crippen LogP contribution in [0.5, 0.6) is 0 Å². The van der Waals surface area contributed by atoms with Crippen LogP contribution in [-0.2, 0) is 7.05 Å². The lowest BCUT2D eigenvalue weighted by Gasteiger charge is -2.07. The van der Waals surface area contributed by atoms with Crippen molar-refractivity contribution in [2.75, 3.05) is 5.32 Å². The highest BCUT2D eigenvalue weighted by molar-refractivity contribution is 7.14. The van der Waals surface area contributed by atoms with Crippen LogP contribution >= 0.6 is 11.3 Å². The van der Waals surface area contributed by atoms with Gasteiger partial charge in [-0.1, -0.05) is 18.2 Å². The molecule has 160 valence electrons. The van der Waals surface area contributed by atoms with Crippen molar-refractivity contribution in [3.63, 3.8) is 0 Å². The predicted molar refractivity (Wildman–Crippen MR) is 127 cm³/mol. The molecule has 1 saturated carbocycles. The lowest BCUT2D eigenvalue weighted by molar-refractivity contribution is 0.102. The zero-order valence-corrected chi connectivity index (χ0v) is 18.9. The number of aromatic nitrogens is 5. The van der Waals surface area contributed by atoms with E-state index >= 15 is 0 Å². The molecule has 7 nitrogen and oxygen atoms in total. The number of aromatic amines is 1. The van der Waals surface area contributed by atoms with Crippen LogP contribution in [0.3, 0.4) is 0 Å². The SMILES string of the molecule is Cc1[nH]c2ccccc2c1-c1csc(NC(=O)c2cc(C3CC3)nc3c2c(C)nn3C)n1. The minimum atomic E-state index is -0.174. The molecule has 1 amide bonds. The van der Waals surface area contributed by atoms with E-state index in [1.54, 1.807) is 4.68 Å². The van der Waals surface area contributed by atoms with Gasteiger partial charge in [0.2, 0.25) is 0 Å². The smallest absolute Gasteiger partial charge is 0.258 e. The third kappa shape index (κ3) is 3.02. The molecule has 0 bridgehead atoms. The second-order valence-corrected chi connectivity index (χ2v) is 9.30. The van der Waals surface area contributed by atoms with Gasteiger partial charge >= 0.3 is 0 Å². The highest BCUT2D eigenvalue weighted by atomic mass is 32.1. The van der Waals surface area contributed by atoms with Crippen LogP contribution in [0.25, 0.3) is 33.2 Å². The van der Waals surface area contributed by atoms with Gasteiger partial charge in [-0.3, -0.25) is 14.8 Å². The molecule has 5 aromatic rings. The van der Waals surface area contributed by atoms with Crippen molar-refractivity contribution in [1.29, 1.82) is 0 Å². The van der Waals surface area contributed by atoms with Gasteiger partial charge in [0.1, 0.15) is 0 Å². The van der Waals surface area contributed by atoms with Crippen molar-refractivity contribution < 1.29 is 4.79 Å². The number of carbonyl (C=O) groups excluding carboxylic acids is 1. The lowest BCUT2D eigenvalue weighted by atomic mass is 10.1. The quantitative estimate of drug-likeness (QED) is 0.394. The Bertz CT molecular complexity index is 1520. The van der Waals surface area contributed by atoms with E-state index in [9.17, 15) is 4.79 Å². The molecule has 1 aromatic carbocycles. The molecule has 1 aliphatic rings. The normalized spacial score (nSPS) is 13.8. The molecular weight excluding hydrogens is 420 g/mol. The van der Waals surface area contributed by atoms with Crippen molar-refractivity contribution in [2.24, 2.45) is 7.05 Å². The lowest BCUT2D eigenvalue weighted by Crippen LogP contribution is -2.13. The minimum absolute atomic E-state index is 0.174. The average Bonchev–Trinajstić information content (AvgIpc) is 3.35. The van der Waals surface area contributed by atoms with E-state index in [0.717, 1.165) is 63.1 Å². The first kappa shape index (κ1) is 19.2. The van der Waals surface area contributed by atoms with Crippen LogP contribution in [0.2, 0.25) is 0 Å². The summed E-state index contributed by atoms with van der Waals surface area (Å²) in [6.45, 7) is 3.96. The third-order valence-electron chi connectivity index (χ3n) is 6.10. The van der Waals surface area contributed by atoms with E-state index in [4.69, 9.17) is 9.97 Å². The number of anilines is 1. The van der Waals surface area contributed by atoms with Gasteiger partial charge in [0, 0.05) is 46.2 Å². The summed E-state index contributed by atoms with van der Waals surface area (Å²) in [6.07, 6.45) is 2.24. The molecule has 1 fully saturated rings. The van der Waals surface area contributed by atoms with E-state index in [-0.39, 0.29) is 5.91 Å². The first-order chi connectivity index (χ1) is 15.5. The maximum atomic E-state index is 13.3. The van der Waals surface area contributed by atoms with Crippen LogP contribution in [0, 0.1) is 13.8 Å². The summed E-state index contributed by atoms with van der Waals surface area (Å²) < 4.78 is 1.76. The number of nitrogens with one attached hydrogen (secondary N) is 2. The van der Waals surface area contributed by atoms with Gasteiger partial charge in [-0.2, -0.15) is 5.10 Å². The van der Waals surface area contributed by atoms with Crippen LogP contribution in [0.15, 0.2) is 35.7 Å². The van der Waals surface area contributed by atoms with Gasteiger partial charge in [0.15, 0.2) is 10.8 Å². The largest absolute Gasteiger partial charge is 0.358 e. The van der Waals surface area contributed by atoms with E-state index in [1.807, 2.05) is 44.5 Å². The number of rotatable bonds is 4. The number of fused-ring (bicyclic) bond motifs is 2. The molecule has 0 atom stereocenters. The molecular formula is C24H22N6OS. The van der Waals surface area contributed by atoms with Crippen molar-refractivity contribution >= 4 is 44.3 Å². The Morgan fingerprint density at radius 2 is 2.03 bits per heavy atom. The summed E-state index contributed by atoms with van der Waals surface area (Å²) in [5.41, 5.74) is 7.22. The Hall–Kier alpha value is -3.52. The fraction of sp³-hybridized carbons (Fsp3) is 0.250. The Balaban J connectivity index is 1.37. The van der Waals surface area contributed by atoms with Crippen molar-refractivity contribution in [3.05, 3.63) is 58.4 Å². The summed E-state index contributed by atoms with van der Waals surface area (Å²) in [6, 6.07) is 10.1. The highest BCUT2D eigenvalue weighted by Gasteiger charge is 2.28. The standard InChI is InChI=1S/C24H22N6OS/c1-12-20(15-6-4-5-7-17(15)25-12)19-11-32-24(27-19)28-23(31)16-10-18(14-8-9-14)26-22-21(16)13(2)29-30(22)3/h4-7,10-11,14,25H,8-9H2,1-3H3,(H,27,28,31).